The number of amides is 1. The Labute approximate surface area is 235 Å². The summed E-state index contributed by atoms with van der Waals surface area (Å²) in [7, 11) is 0. The number of nitrogens with zero attached hydrogens (tertiary/aromatic N) is 3. The zero-order chi connectivity index (χ0) is 28.5. The first kappa shape index (κ1) is 28.4. The second-order valence-corrected chi connectivity index (χ2v) is 10.3. The van der Waals surface area contributed by atoms with Gasteiger partial charge in [-0.05, 0) is 74.3 Å². The number of thiocarbonyl (C=S) groups is 1. The first-order valence-corrected chi connectivity index (χ1v) is 12.9. The number of carbonyl (C=O) groups is 1. The summed E-state index contributed by atoms with van der Waals surface area (Å²) in [5.41, 5.74) is 0.180. The van der Waals surface area contributed by atoms with Gasteiger partial charge in [-0.15, -0.1) is 0 Å². The summed E-state index contributed by atoms with van der Waals surface area (Å²) in [5, 5.41) is 0.547. The largest absolute Gasteiger partial charge is 0.494 e. The van der Waals surface area contributed by atoms with Crippen LogP contribution in [0.2, 0.25) is 5.02 Å². The van der Waals surface area contributed by atoms with Gasteiger partial charge in [-0.1, -0.05) is 54.1 Å². The van der Waals surface area contributed by atoms with Crippen LogP contribution in [0.3, 0.4) is 0 Å². The van der Waals surface area contributed by atoms with E-state index >= 15 is 0 Å². The van der Waals surface area contributed by atoms with Crippen molar-refractivity contribution in [1.82, 2.24) is 4.90 Å². The fourth-order valence-corrected chi connectivity index (χ4v) is 5.25. The highest BCUT2D eigenvalue weighted by Gasteiger charge is 2.49. The van der Waals surface area contributed by atoms with Gasteiger partial charge in [0.2, 0.25) is 5.69 Å². The van der Waals surface area contributed by atoms with Gasteiger partial charge in [-0.2, -0.15) is 13.2 Å². The third-order valence-electron chi connectivity index (χ3n) is 6.70. The van der Waals surface area contributed by atoms with Crippen molar-refractivity contribution in [3.05, 3.63) is 88.2 Å². The van der Waals surface area contributed by atoms with E-state index in [0.717, 1.165) is 6.07 Å². The van der Waals surface area contributed by atoms with Crippen LogP contribution in [-0.4, -0.2) is 34.6 Å². The molecular formula is C29H25ClF3N3O2S. The van der Waals surface area contributed by atoms with Crippen molar-refractivity contribution < 1.29 is 22.7 Å². The second-order valence-electron chi connectivity index (χ2n) is 9.56. The van der Waals surface area contributed by atoms with Crippen LogP contribution < -0.4 is 9.64 Å². The maximum Gasteiger partial charge on any atom is 0.417 e. The van der Waals surface area contributed by atoms with Gasteiger partial charge in [0.1, 0.15) is 11.3 Å². The average molecular weight is 572 g/mol. The van der Waals surface area contributed by atoms with E-state index in [1.54, 1.807) is 68.1 Å². The molecule has 0 saturated carbocycles. The number of benzene rings is 3. The third-order valence-corrected chi connectivity index (χ3v) is 7.58. The van der Waals surface area contributed by atoms with Gasteiger partial charge < -0.3 is 9.64 Å². The maximum absolute atomic E-state index is 13.8. The zero-order valence-corrected chi connectivity index (χ0v) is 23.0. The van der Waals surface area contributed by atoms with Crippen LogP contribution >= 0.6 is 23.8 Å². The van der Waals surface area contributed by atoms with Gasteiger partial charge in [0, 0.05) is 6.54 Å². The average Bonchev–Trinajstić information content (AvgIpc) is 3.07. The van der Waals surface area contributed by atoms with Crippen molar-refractivity contribution in [2.45, 2.75) is 38.9 Å². The van der Waals surface area contributed by atoms with Crippen molar-refractivity contribution in [2.75, 3.05) is 18.1 Å². The molecule has 0 spiro atoms. The molecule has 202 valence electrons. The molecule has 3 aromatic rings. The number of halogens is 4. The Morgan fingerprint density at radius 1 is 1.10 bits per heavy atom. The summed E-state index contributed by atoms with van der Waals surface area (Å²) in [5.74, 6) is -0.136. The Kier molecular flexibility index (Phi) is 7.92. The lowest BCUT2D eigenvalue weighted by Gasteiger charge is -2.29. The van der Waals surface area contributed by atoms with Crippen molar-refractivity contribution in [3.8, 4) is 16.9 Å². The number of carbonyl (C=O) groups excluding carboxylic acids is 1. The number of anilines is 1. The van der Waals surface area contributed by atoms with E-state index < -0.39 is 17.3 Å². The first-order chi connectivity index (χ1) is 18.4. The highest BCUT2D eigenvalue weighted by Crippen LogP contribution is 2.41. The fourth-order valence-electron chi connectivity index (χ4n) is 4.54. The van der Waals surface area contributed by atoms with E-state index in [1.165, 1.54) is 17.0 Å². The van der Waals surface area contributed by atoms with E-state index in [0.29, 0.717) is 29.8 Å². The molecule has 1 heterocycles. The zero-order valence-electron chi connectivity index (χ0n) is 21.5. The molecule has 1 aliphatic heterocycles. The molecule has 39 heavy (non-hydrogen) atoms. The Balaban J connectivity index is 1.47. The van der Waals surface area contributed by atoms with Crippen LogP contribution in [0, 0.1) is 13.5 Å². The molecule has 10 heteroatoms. The topological polar surface area (TPSA) is 37.1 Å². The standard InChI is InChI=1S/C29H25ClF3N3O2S/c1-18-24(14-13-23(34-4)25(18)30)36-26(37)28(2,3)35(27(36)39)15-8-16-38-20-11-12-21(19-9-6-5-7-10-19)22(17-20)29(31,32)33/h5-7,9-14,17H,8,15-16H2,1-3H3. The molecule has 0 bridgehead atoms. The van der Waals surface area contributed by atoms with E-state index in [9.17, 15) is 18.0 Å². The lowest BCUT2D eigenvalue weighted by Crippen LogP contribution is -2.44. The third kappa shape index (κ3) is 5.45. The Bertz CT molecular complexity index is 1470. The van der Waals surface area contributed by atoms with E-state index in [1.807, 2.05) is 0 Å². The lowest BCUT2D eigenvalue weighted by atomic mass is 9.99. The predicted molar refractivity (Wildman–Crippen MR) is 150 cm³/mol. The normalized spacial score (nSPS) is 15.0. The highest BCUT2D eigenvalue weighted by molar-refractivity contribution is 7.80. The van der Waals surface area contributed by atoms with Crippen molar-refractivity contribution in [2.24, 2.45) is 0 Å². The molecule has 3 aromatic carbocycles. The smallest absolute Gasteiger partial charge is 0.417 e. The van der Waals surface area contributed by atoms with E-state index in [-0.39, 0.29) is 39.6 Å². The molecule has 5 nitrogen and oxygen atoms in total. The quantitative estimate of drug-likeness (QED) is 0.163. The van der Waals surface area contributed by atoms with Crippen LogP contribution in [0.5, 0.6) is 5.75 Å². The monoisotopic (exact) mass is 571 g/mol. The molecule has 0 aliphatic carbocycles. The number of ether oxygens (including phenoxy) is 1. The fraction of sp³-hybridized carbons (Fsp3) is 0.276. The van der Waals surface area contributed by atoms with E-state index in [2.05, 4.69) is 4.85 Å². The Morgan fingerprint density at radius 3 is 2.44 bits per heavy atom. The molecule has 0 unspecified atom stereocenters. The molecule has 1 fully saturated rings. The minimum absolute atomic E-state index is 0.0815. The van der Waals surface area contributed by atoms with Gasteiger partial charge in [-0.25, -0.2) is 4.85 Å². The number of hydrogen-bond donors (Lipinski definition) is 0. The molecule has 1 aliphatic rings. The van der Waals surface area contributed by atoms with Gasteiger partial charge in [-0.3, -0.25) is 9.69 Å². The summed E-state index contributed by atoms with van der Waals surface area (Å²) < 4.78 is 47.1. The Morgan fingerprint density at radius 2 is 1.79 bits per heavy atom. The molecule has 4 rings (SSSR count). The minimum atomic E-state index is -4.55. The SMILES string of the molecule is [C-]#[N+]c1ccc(N2C(=O)C(C)(C)N(CCCOc3ccc(-c4ccccc4)c(C(F)(F)F)c3)C2=S)c(C)c1Cl. The van der Waals surface area contributed by atoms with Gasteiger partial charge >= 0.3 is 6.18 Å². The van der Waals surface area contributed by atoms with Crippen LogP contribution in [0.25, 0.3) is 16.0 Å². The number of rotatable bonds is 7. The molecule has 1 saturated heterocycles. The number of alkyl halides is 3. The summed E-state index contributed by atoms with van der Waals surface area (Å²) in [4.78, 5) is 19.9. The summed E-state index contributed by atoms with van der Waals surface area (Å²) in [6, 6.07) is 15.5. The summed E-state index contributed by atoms with van der Waals surface area (Å²) in [6.07, 6.45) is -4.14. The van der Waals surface area contributed by atoms with Crippen LogP contribution in [0.1, 0.15) is 31.4 Å². The minimum Gasteiger partial charge on any atom is -0.494 e. The molecule has 0 atom stereocenters. The van der Waals surface area contributed by atoms with Crippen molar-refractivity contribution in [3.63, 3.8) is 0 Å². The highest BCUT2D eigenvalue weighted by atomic mass is 35.5. The maximum atomic E-state index is 13.8. The van der Waals surface area contributed by atoms with Crippen LogP contribution in [0.15, 0.2) is 60.7 Å². The molecule has 0 aromatic heterocycles. The van der Waals surface area contributed by atoms with Gasteiger partial charge in [0.15, 0.2) is 5.11 Å². The predicted octanol–water partition coefficient (Wildman–Crippen LogP) is 8.07. The van der Waals surface area contributed by atoms with Gasteiger partial charge in [0.05, 0.1) is 29.5 Å². The second kappa shape index (κ2) is 10.9. The molecule has 1 amide bonds. The van der Waals surface area contributed by atoms with Gasteiger partial charge in [0.25, 0.3) is 5.91 Å². The van der Waals surface area contributed by atoms with Crippen LogP contribution in [0.4, 0.5) is 24.5 Å². The Hall–Kier alpha value is -3.61. The number of hydrogen-bond acceptors (Lipinski definition) is 3. The molecule has 0 N–H and O–H groups in total. The molecule has 0 radical (unpaired) electrons. The van der Waals surface area contributed by atoms with E-state index in [4.69, 9.17) is 35.1 Å². The van der Waals surface area contributed by atoms with Crippen LogP contribution in [-0.2, 0) is 11.0 Å². The summed E-state index contributed by atoms with van der Waals surface area (Å²) >= 11 is 12.0. The summed E-state index contributed by atoms with van der Waals surface area (Å²) in [6.45, 7) is 12.9. The molecular weight excluding hydrogens is 547 g/mol. The first-order valence-electron chi connectivity index (χ1n) is 12.1. The lowest BCUT2D eigenvalue weighted by molar-refractivity contribution is -0.137. The van der Waals surface area contributed by atoms with Crippen molar-refractivity contribution in [1.29, 1.82) is 0 Å². The van der Waals surface area contributed by atoms with Crippen molar-refractivity contribution >= 4 is 46.2 Å².